The quantitative estimate of drug-likeness (QED) is 0.760. The SMILES string of the molecule is O=C(CCn1ccnc1)NCc1ncc[nH]1. The number of H-pyrrole nitrogens is 1. The van der Waals surface area contributed by atoms with Crippen molar-refractivity contribution < 1.29 is 4.79 Å². The lowest BCUT2D eigenvalue weighted by Gasteiger charge is -2.03. The molecule has 2 rings (SSSR count). The number of aromatic nitrogens is 4. The molecule has 0 aliphatic heterocycles. The molecule has 0 spiro atoms. The van der Waals surface area contributed by atoms with Gasteiger partial charge in [-0.3, -0.25) is 4.79 Å². The first-order valence-corrected chi connectivity index (χ1v) is 5.05. The Morgan fingerprint density at radius 1 is 1.50 bits per heavy atom. The van der Waals surface area contributed by atoms with Crippen molar-refractivity contribution in [2.24, 2.45) is 0 Å². The molecule has 0 aliphatic rings. The number of imidazole rings is 2. The monoisotopic (exact) mass is 219 g/mol. The Kier molecular flexibility index (Phi) is 3.32. The molecule has 0 fully saturated rings. The maximum atomic E-state index is 11.4. The summed E-state index contributed by atoms with van der Waals surface area (Å²) in [5.74, 6) is 0.765. The third-order valence-corrected chi connectivity index (χ3v) is 2.16. The van der Waals surface area contributed by atoms with Gasteiger partial charge in [-0.2, -0.15) is 0 Å². The van der Waals surface area contributed by atoms with Crippen molar-refractivity contribution in [2.45, 2.75) is 19.5 Å². The van der Waals surface area contributed by atoms with Crippen LogP contribution in [0.25, 0.3) is 0 Å². The van der Waals surface area contributed by atoms with Crippen LogP contribution < -0.4 is 5.32 Å². The van der Waals surface area contributed by atoms with Crippen LogP contribution in [-0.2, 0) is 17.9 Å². The van der Waals surface area contributed by atoms with Crippen LogP contribution in [0.5, 0.6) is 0 Å². The maximum absolute atomic E-state index is 11.4. The molecule has 0 aromatic carbocycles. The van der Waals surface area contributed by atoms with Crippen molar-refractivity contribution in [2.75, 3.05) is 0 Å². The van der Waals surface area contributed by atoms with Gasteiger partial charge in [-0.15, -0.1) is 0 Å². The van der Waals surface area contributed by atoms with Gasteiger partial charge < -0.3 is 14.9 Å². The van der Waals surface area contributed by atoms with Crippen LogP contribution in [0.3, 0.4) is 0 Å². The standard InChI is InChI=1S/C10H13N5O/c16-10(1-5-15-6-4-11-8-15)14-7-9-12-2-3-13-9/h2-4,6,8H,1,5,7H2,(H,12,13)(H,14,16). The zero-order valence-electron chi connectivity index (χ0n) is 8.76. The summed E-state index contributed by atoms with van der Waals surface area (Å²) in [5.41, 5.74) is 0. The van der Waals surface area contributed by atoms with E-state index in [4.69, 9.17) is 0 Å². The summed E-state index contributed by atoms with van der Waals surface area (Å²) >= 11 is 0. The van der Waals surface area contributed by atoms with Gasteiger partial charge in [0.25, 0.3) is 0 Å². The number of aryl methyl sites for hydroxylation is 1. The van der Waals surface area contributed by atoms with Crippen LogP contribution in [0.2, 0.25) is 0 Å². The van der Waals surface area contributed by atoms with Gasteiger partial charge in [-0.25, -0.2) is 9.97 Å². The summed E-state index contributed by atoms with van der Waals surface area (Å²) in [6, 6.07) is 0. The normalized spacial score (nSPS) is 10.2. The van der Waals surface area contributed by atoms with E-state index < -0.39 is 0 Å². The van der Waals surface area contributed by atoms with Gasteiger partial charge in [0.05, 0.1) is 12.9 Å². The maximum Gasteiger partial charge on any atom is 0.222 e. The van der Waals surface area contributed by atoms with E-state index in [0.29, 0.717) is 19.5 Å². The third-order valence-electron chi connectivity index (χ3n) is 2.16. The summed E-state index contributed by atoms with van der Waals surface area (Å²) in [5, 5.41) is 2.78. The van der Waals surface area contributed by atoms with E-state index in [9.17, 15) is 4.79 Å². The molecular weight excluding hydrogens is 206 g/mol. The third kappa shape index (κ3) is 2.94. The highest BCUT2D eigenvalue weighted by atomic mass is 16.1. The first-order valence-electron chi connectivity index (χ1n) is 5.05. The van der Waals surface area contributed by atoms with Crippen molar-refractivity contribution in [1.82, 2.24) is 24.8 Å². The van der Waals surface area contributed by atoms with E-state index in [1.807, 2.05) is 10.8 Å². The highest BCUT2D eigenvalue weighted by Crippen LogP contribution is 1.92. The van der Waals surface area contributed by atoms with E-state index in [-0.39, 0.29) is 5.91 Å². The Bertz CT molecular complexity index is 380. The molecular formula is C10H13N5O. The van der Waals surface area contributed by atoms with Crippen molar-refractivity contribution in [3.8, 4) is 0 Å². The van der Waals surface area contributed by atoms with E-state index in [0.717, 1.165) is 5.82 Å². The molecule has 84 valence electrons. The van der Waals surface area contributed by atoms with Crippen molar-refractivity contribution in [3.05, 3.63) is 36.9 Å². The molecule has 0 atom stereocenters. The van der Waals surface area contributed by atoms with Crippen LogP contribution in [-0.4, -0.2) is 25.4 Å². The fraction of sp³-hybridized carbons (Fsp3) is 0.300. The molecule has 0 radical (unpaired) electrons. The molecule has 2 N–H and O–H groups in total. The van der Waals surface area contributed by atoms with Gasteiger partial charge in [-0.05, 0) is 0 Å². The number of hydrogen-bond donors (Lipinski definition) is 2. The van der Waals surface area contributed by atoms with E-state index >= 15 is 0 Å². The predicted molar refractivity (Wildman–Crippen MR) is 57.3 cm³/mol. The molecule has 0 saturated heterocycles. The molecule has 2 aromatic heterocycles. The molecule has 2 heterocycles. The number of carbonyl (C=O) groups is 1. The van der Waals surface area contributed by atoms with E-state index in [1.165, 1.54) is 0 Å². The Balaban J connectivity index is 1.69. The molecule has 1 amide bonds. The van der Waals surface area contributed by atoms with E-state index in [2.05, 4.69) is 20.3 Å². The average Bonchev–Trinajstić information content (AvgIpc) is 2.96. The summed E-state index contributed by atoms with van der Waals surface area (Å²) in [7, 11) is 0. The summed E-state index contributed by atoms with van der Waals surface area (Å²) < 4.78 is 1.87. The van der Waals surface area contributed by atoms with Crippen molar-refractivity contribution in [1.29, 1.82) is 0 Å². The summed E-state index contributed by atoms with van der Waals surface area (Å²) in [6.07, 6.45) is 9.05. The number of nitrogens with one attached hydrogen (secondary N) is 2. The molecule has 0 unspecified atom stereocenters. The number of rotatable bonds is 5. The van der Waals surface area contributed by atoms with Gasteiger partial charge in [0.15, 0.2) is 0 Å². The lowest BCUT2D eigenvalue weighted by molar-refractivity contribution is -0.121. The number of amides is 1. The van der Waals surface area contributed by atoms with Gasteiger partial charge in [0, 0.05) is 37.8 Å². The lowest BCUT2D eigenvalue weighted by atomic mass is 10.4. The second-order valence-electron chi connectivity index (χ2n) is 3.36. The summed E-state index contributed by atoms with van der Waals surface area (Å²) in [4.78, 5) is 22.3. The zero-order chi connectivity index (χ0) is 11.2. The second-order valence-corrected chi connectivity index (χ2v) is 3.36. The van der Waals surface area contributed by atoms with E-state index in [1.54, 1.807) is 24.9 Å². The highest BCUT2D eigenvalue weighted by molar-refractivity contribution is 5.75. The lowest BCUT2D eigenvalue weighted by Crippen LogP contribution is -2.24. The largest absolute Gasteiger partial charge is 0.349 e. The highest BCUT2D eigenvalue weighted by Gasteiger charge is 2.02. The predicted octanol–water partition coefficient (Wildman–Crippen LogP) is 0.313. The van der Waals surface area contributed by atoms with Crippen molar-refractivity contribution >= 4 is 5.91 Å². The first kappa shape index (κ1) is 10.4. The fourth-order valence-electron chi connectivity index (χ4n) is 1.31. The zero-order valence-corrected chi connectivity index (χ0v) is 8.76. The molecule has 6 nitrogen and oxygen atoms in total. The minimum absolute atomic E-state index is 0.00472. The minimum Gasteiger partial charge on any atom is -0.349 e. The molecule has 6 heteroatoms. The minimum atomic E-state index is 0.00472. The fourth-order valence-corrected chi connectivity index (χ4v) is 1.31. The molecule has 0 bridgehead atoms. The summed E-state index contributed by atoms with van der Waals surface area (Å²) in [6.45, 7) is 1.08. The van der Waals surface area contributed by atoms with Crippen LogP contribution in [0.15, 0.2) is 31.1 Å². The number of carbonyl (C=O) groups excluding carboxylic acids is 1. The molecule has 16 heavy (non-hydrogen) atoms. The Morgan fingerprint density at radius 3 is 3.12 bits per heavy atom. The number of aromatic amines is 1. The van der Waals surface area contributed by atoms with Gasteiger partial charge in [0.2, 0.25) is 5.91 Å². The number of hydrogen-bond acceptors (Lipinski definition) is 3. The van der Waals surface area contributed by atoms with Gasteiger partial charge >= 0.3 is 0 Å². The molecule has 2 aromatic rings. The van der Waals surface area contributed by atoms with Crippen molar-refractivity contribution in [3.63, 3.8) is 0 Å². The van der Waals surface area contributed by atoms with Gasteiger partial charge in [0.1, 0.15) is 5.82 Å². The molecule has 0 aliphatic carbocycles. The first-order chi connectivity index (χ1) is 7.84. The Labute approximate surface area is 92.7 Å². The Morgan fingerprint density at radius 2 is 2.44 bits per heavy atom. The topological polar surface area (TPSA) is 75.6 Å². The van der Waals surface area contributed by atoms with Crippen LogP contribution in [0, 0.1) is 0 Å². The average molecular weight is 219 g/mol. The smallest absolute Gasteiger partial charge is 0.222 e. The van der Waals surface area contributed by atoms with Crippen LogP contribution >= 0.6 is 0 Å². The van der Waals surface area contributed by atoms with Gasteiger partial charge in [-0.1, -0.05) is 0 Å². The molecule has 0 saturated carbocycles. The number of nitrogens with zero attached hydrogens (tertiary/aromatic N) is 3. The van der Waals surface area contributed by atoms with Crippen LogP contribution in [0.1, 0.15) is 12.2 Å². The Hall–Kier alpha value is -2.11. The second kappa shape index (κ2) is 5.11. The van der Waals surface area contributed by atoms with Crippen LogP contribution in [0.4, 0.5) is 0 Å².